The molecule has 0 radical (unpaired) electrons. The molecule has 1 aliphatic heterocycles. The number of carbonyl (C=O) groups excluding carboxylic acids is 1. The van der Waals surface area contributed by atoms with Crippen molar-refractivity contribution >= 4 is 12.0 Å². The van der Waals surface area contributed by atoms with Gasteiger partial charge in [-0.05, 0) is 18.6 Å². The van der Waals surface area contributed by atoms with Gasteiger partial charge >= 0.3 is 6.03 Å². The minimum atomic E-state index is -0.110. The second-order valence-electron chi connectivity index (χ2n) is 7.43. The van der Waals surface area contributed by atoms with Gasteiger partial charge in [-0.15, -0.1) is 0 Å². The van der Waals surface area contributed by atoms with E-state index in [0.717, 1.165) is 19.0 Å². The fraction of sp³-hybridized carbons (Fsp3) is 0.450. The Balaban J connectivity index is 1.51. The van der Waals surface area contributed by atoms with Crippen LogP contribution in [0.4, 0.5) is 10.7 Å². The molecule has 6 heteroatoms. The lowest BCUT2D eigenvalue weighted by molar-refractivity contribution is 0.192. The molecule has 0 saturated carbocycles. The summed E-state index contributed by atoms with van der Waals surface area (Å²) in [5, 5.41) is 3.10. The Morgan fingerprint density at radius 2 is 1.81 bits per heavy atom. The van der Waals surface area contributed by atoms with Crippen LogP contribution in [-0.2, 0) is 5.41 Å². The third-order valence-electron chi connectivity index (χ3n) is 4.88. The lowest BCUT2D eigenvalue weighted by Crippen LogP contribution is -2.53. The molecule has 2 aromatic rings. The zero-order chi connectivity index (χ0) is 18.6. The fourth-order valence-corrected chi connectivity index (χ4v) is 3.14. The summed E-state index contributed by atoms with van der Waals surface area (Å²) in [5.74, 6) is 0.730. The van der Waals surface area contributed by atoms with Crippen molar-refractivity contribution in [3.8, 4) is 0 Å². The van der Waals surface area contributed by atoms with E-state index in [0.29, 0.717) is 19.6 Å². The first-order chi connectivity index (χ1) is 12.5. The van der Waals surface area contributed by atoms with Crippen LogP contribution >= 0.6 is 0 Å². The molecule has 2 amide bonds. The first-order valence-electron chi connectivity index (χ1n) is 9.08. The highest BCUT2D eigenvalue weighted by molar-refractivity contribution is 5.74. The molecule has 1 aromatic carbocycles. The number of aryl methyl sites for hydroxylation is 1. The molecular formula is C20H27N5O. The minimum absolute atomic E-state index is 0.000594. The number of piperazine rings is 1. The van der Waals surface area contributed by atoms with Gasteiger partial charge in [0, 0.05) is 50.5 Å². The van der Waals surface area contributed by atoms with Crippen LogP contribution < -0.4 is 10.2 Å². The third-order valence-corrected chi connectivity index (χ3v) is 4.88. The average Bonchev–Trinajstić information content (AvgIpc) is 2.67. The van der Waals surface area contributed by atoms with Crippen LogP contribution in [0.25, 0.3) is 0 Å². The van der Waals surface area contributed by atoms with Crippen molar-refractivity contribution in [2.45, 2.75) is 26.2 Å². The molecule has 0 bridgehead atoms. The van der Waals surface area contributed by atoms with Crippen molar-refractivity contribution in [3.63, 3.8) is 0 Å². The number of anilines is 1. The van der Waals surface area contributed by atoms with Crippen LogP contribution in [0.1, 0.15) is 25.0 Å². The molecule has 3 rings (SSSR count). The first-order valence-corrected chi connectivity index (χ1v) is 9.08. The summed E-state index contributed by atoms with van der Waals surface area (Å²) >= 11 is 0. The van der Waals surface area contributed by atoms with Gasteiger partial charge in [0.1, 0.15) is 0 Å². The summed E-state index contributed by atoms with van der Waals surface area (Å²) in [4.78, 5) is 25.1. The maximum Gasteiger partial charge on any atom is 0.317 e. The summed E-state index contributed by atoms with van der Waals surface area (Å²) in [6.07, 6.45) is 3.49. The van der Waals surface area contributed by atoms with Crippen molar-refractivity contribution in [1.82, 2.24) is 20.2 Å². The number of carbonyl (C=O) groups is 1. The molecular weight excluding hydrogens is 326 g/mol. The van der Waals surface area contributed by atoms with E-state index in [1.165, 1.54) is 11.1 Å². The Morgan fingerprint density at radius 1 is 1.12 bits per heavy atom. The van der Waals surface area contributed by atoms with Gasteiger partial charge in [-0.1, -0.05) is 43.7 Å². The molecule has 0 spiro atoms. The quantitative estimate of drug-likeness (QED) is 0.918. The third kappa shape index (κ3) is 4.31. The summed E-state index contributed by atoms with van der Waals surface area (Å²) in [7, 11) is 0. The van der Waals surface area contributed by atoms with Crippen molar-refractivity contribution < 1.29 is 4.79 Å². The lowest BCUT2D eigenvalue weighted by atomic mass is 9.84. The van der Waals surface area contributed by atoms with Gasteiger partial charge < -0.3 is 15.1 Å². The summed E-state index contributed by atoms with van der Waals surface area (Å²) < 4.78 is 0. The molecule has 1 fully saturated rings. The van der Waals surface area contributed by atoms with E-state index in [1.807, 2.05) is 11.0 Å². The highest BCUT2D eigenvalue weighted by Gasteiger charge is 2.25. The Morgan fingerprint density at radius 3 is 2.46 bits per heavy atom. The number of aromatic nitrogens is 2. The monoisotopic (exact) mass is 353 g/mol. The molecule has 2 heterocycles. The van der Waals surface area contributed by atoms with Crippen LogP contribution in [-0.4, -0.2) is 53.6 Å². The molecule has 1 aromatic heterocycles. The van der Waals surface area contributed by atoms with E-state index in [-0.39, 0.29) is 11.4 Å². The zero-order valence-electron chi connectivity index (χ0n) is 15.8. The second-order valence-corrected chi connectivity index (χ2v) is 7.43. The fourth-order valence-electron chi connectivity index (χ4n) is 3.14. The largest absolute Gasteiger partial charge is 0.337 e. The summed E-state index contributed by atoms with van der Waals surface area (Å²) in [6.45, 7) is 9.87. The number of nitrogens with zero attached hydrogens (tertiary/aromatic N) is 4. The van der Waals surface area contributed by atoms with E-state index in [1.54, 1.807) is 12.4 Å². The van der Waals surface area contributed by atoms with Gasteiger partial charge in [0.05, 0.1) is 0 Å². The second kappa shape index (κ2) is 7.72. The molecule has 0 unspecified atom stereocenters. The van der Waals surface area contributed by atoms with Crippen LogP contribution in [0.15, 0.2) is 42.7 Å². The van der Waals surface area contributed by atoms with Gasteiger partial charge in [-0.2, -0.15) is 0 Å². The van der Waals surface area contributed by atoms with Crippen molar-refractivity contribution in [1.29, 1.82) is 0 Å². The van der Waals surface area contributed by atoms with Crippen molar-refractivity contribution in [2.75, 3.05) is 37.6 Å². The minimum Gasteiger partial charge on any atom is -0.337 e. The summed E-state index contributed by atoms with van der Waals surface area (Å²) in [5.41, 5.74) is 2.37. The number of hydrogen-bond acceptors (Lipinski definition) is 4. The molecule has 1 aliphatic rings. The standard InChI is InChI=1S/C20H27N5O/c1-16-6-4-7-17(14-16)20(2,3)15-23-19(26)25-12-10-24(11-13-25)18-21-8-5-9-22-18/h4-9,14H,10-13,15H2,1-3H3,(H,23,26). The lowest BCUT2D eigenvalue weighted by Gasteiger charge is -2.35. The van der Waals surface area contributed by atoms with E-state index < -0.39 is 0 Å². The van der Waals surface area contributed by atoms with Gasteiger partial charge in [0.2, 0.25) is 5.95 Å². The van der Waals surface area contributed by atoms with Gasteiger partial charge in [-0.25, -0.2) is 14.8 Å². The van der Waals surface area contributed by atoms with Crippen LogP contribution in [0.5, 0.6) is 0 Å². The molecule has 26 heavy (non-hydrogen) atoms. The van der Waals surface area contributed by atoms with Gasteiger partial charge in [0.25, 0.3) is 0 Å². The number of hydrogen-bond donors (Lipinski definition) is 1. The van der Waals surface area contributed by atoms with Crippen LogP contribution in [0.3, 0.4) is 0 Å². The molecule has 1 N–H and O–H groups in total. The van der Waals surface area contributed by atoms with Crippen molar-refractivity contribution in [3.05, 3.63) is 53.9 Å². The highest BCUT2D eigenvalue weighted by atomic mass is 16.2. The van der Waals surface area contributed by atoms with E-state index in [4.69, 9.17) is 0 Å². The van der Waals surface area contributed by atoms with Gasteiger partial charge in [0.15, 0.2) is 0 Å². The maximum absolute atomic E-state index is 12.6. The van der Waals surface area contributed by atoms with Gasteiger partial charge in [-0.3, -0.25) is 0 Å². The molecule has 0 atom stereocenters. The smallest absolute Gasteiger partial charge is 0.317 e. The number of nitrogens with one attached hydrogen (secondary N) is 1. The topological polar surface area (TPSA) is 61.4 Å². The zero-order valence-corrected chi connectivity index (χ0v) is 15.8. The predicted octanol–water partition coefficient (Wildman–Crippen LogP) is 2.59. The Hall–Kier alpha value is -2.63. The molecule has 138 valence electrons. The van der Waals surface area contributed by atoms with Crippen LogP contribution in [0, 0.1) is 6.92 Å². The SMILES string of the molecule is Cc1cccc(C(C)(C)CNC(=O)N2CCN(c3ncccn3)CC2)c1. The highest BCUT2D eigenvalue weighted by Crippen LogP contribution is 2.23. The van der Waals surface area contributed by atoms with Crippen LogP contribution in [0.2, 0.25) is 0 Å². The maximum atomic E-state index is 12.6. The first kappa shape index (κ1) is 18.2. The molecule has 6 nitrogen and oxygen atoms in total. The van der Waals surface area contributed by atoms with E-state index in [2.05, 4.69) is 65.2 Å². The molecule has 0 aliphatic carbocycles. The Labute approximate surface area is 155 Å². The van der Waals surface area contributed by atoms with E-state index in [9.17, 15) is 4.79 Å². The van der Waals surface area contributed by atoms with Crippen molar-refractivity contribution in [2.24, 2.45) is 0 Å². The number of benzene rings is 1. The number of amides is 2. The normalized spacial score (nSPS) is 15.0. The predicted molar refractivity (Wildman–Crippen MR) is 103 cm³/mol. The Kier molecular flexibility index (Phi) is 5.40. The average molecular weight is 353 g/mol. The number of rotatable bonds is 4. The summed E-state index contributed by atoms with van der Waals surface area (Å²) in [6, 6.07) is 10.3. The van der Waals surface area contributed by atoms with E-state index >= 15 is 0 Å². The molecule has 1 saturated heterocycles. The number of urea groups is 1. The Bertz CT molecular complexity index is 739.